The Kier molecular flexibility index (Phi) is 5.75. The summed E-state index contributed by atoms with van der Waals surface area (Å²) in [7, 11) is 3.49. The van der Waals surface area contributed by atoms with Gasteiger partial charge in [-0.2, -0.15) is 0 Å². The molecule has 4 nitrogen and oxygen atoms in total. The van der Waals surface area contributed by atoms with E-state index < -0.39 is 0 Å². The van der Waals surface area contributed by atoms with Crippen molar-refractivity contribution in [2.24, 2.45) is 5.92 Å². The highest BCUT2D eigenvalue weighted by Crippen LogP contribution is 2.18. The average molecular weight is 300 g/mol. The van der Waals surface area contributed by atoms with Gasteiger partial charge >= 0.3 is 0 Å². The Bertz CT molecular complexity index is 564. The fraction of sp³-hybridized carbons (Fsp3) is 0.444. The molecule has 0 unspecified atom stereocenters. The number of nitrogens with one attached hydrogen (secondary N) is 1. The van der Waals surface area contributed by atoms with Crippen LogP contribution in [0.15, 0.2) is 36.4 Å². The van der Waals surface area contributed by atoms with Gasteiger partial charge in [0.1, 0.15) is 0 Å². The van der Waals surface area contributed by atoms with Gasteiger partial charge in [0.2, 0.25) is 5.91 Å². The van der Waals surface area contributed by atoms with Crippen LogP contribution in [0.5, 0.6) is 0 Å². The van der Waals surface area contributed by atoms with Gasteiger partial charge in [-0.05, 0) is 43.4 Å². The van der Waals surface area contributed by atoms with Gasteiger partial charge in [-0.25, -0.2) is 0 Å². The zero-order chi connectivity index (χ0) is 15.9. The van der Waals surface area contributed by atoms with Gasteiger partial charge in [0.15, 0.2) is 0 Å². The molecule has 0 saturated heterocycles. The van der Waals surface area contributed by atoms with Crippen LogP contribution in [0, 0.1) is 5.92 Å². The normalized spacial score (nSPS) is 17.1. The quantitative estimate of drug-likeness (QED) is 0.849. The maximum atomic E-state index is 12.0. The standard InChI is InChI=1S/C18H24N2O2/c1-20(2)18(22)16-10-6-7-14(13-16)11-12-19-17(21)15-8-4-3-5-9-15/h3-4,6-7,10,13,15H,5,8-9,11-12H2,1-2H3,(H,19,21)/t15-/m0/s1. The number of rotatable bonds is 5. The van der Waals surface area contributed by atoms with Crippen LogP contribution in [0.3, 0.4) is 0 Å². The average Bonchev–Trinajstić information content (AvgIpc) is 2.55. The van der Waals surface area contributed by atoms with Crippen LogP contribution < -0.4 is 5.32 Å². The molecule has 0 spiro atoms. The third-order valence-electron chi connectivity index (χ3n) is 3.93. The minimum Gasteiger partial charge on any atom is -0.356 e. The zero-order valence-corrected chi connectivity index (χ0v) is 13.3. The molecule has 4 heteroatoms. The van der Waals surface area contributed by atoms with Gasteiger partial charge < -0.3 is 10.2 Å². The van der Waals surface area contributed by atoms with E-state index >= 15 is 0 Å². The van der Waals surface area contributed by atoms with E-state index in [1.165, 1.54) is 0 Å². The number of benzene rings is 1. The maximum Gasteiger partial charge on any atom is 0.253 e. The molecule has 0 aromatic heterocycles. The lowest BCUT2D eigenvalue weighted by Crippen LogP contribution is -2.32. The summed E-state index contributed by atoms with van der Waals surface area (Å²) >= 11 is 0. The Morgan fingerprint density at radius 3 is 2.77 bits per heavy atom. The Labute approximate surface area is 132 Å². The molecule has 0 fully saturated rings. The van der Waals surface area contributed by atoms with E-state index in [2.05, 4.69) is 17.5 Å². The minimum atomic E-state index is -0.000113. The fourth-order valence-electron chi connectivity index (χ4n) is 2.62. The smallest absolute Gasteiger partial charge is 0.253 e. The summed E-state index contributed by atoms with van der Waals surface area (Å²) in [4.78, 5) is 25.5. The second kappa shape index (κ2) is 7.78. The van der Waals surface area contributed by atoms with Gasteiger partial charge in [-0.3, -0.25) is 9.59 Å². The van der Waals surface area contributed by atoms with Gasteiger partial charge in [0.25, 0.3) is 5.91 Å². The lowest BCUT2D eigenvalue weighted by Gasteiger charge is -2.17. The number of allylic oxidation sites excluding steroid dienone is 2. The van der Waals surface area contributed by atoms with Crippen molar-refractivity contribution in [1.29, 1.82) is 0 Å². The number of carbonyl (C=O) groups is 2. The third-order valence-corrected chi connectivity index (χ3v) is 3.93. The van der Waals surface area contributed by atoms with Crippen molar-refractivity contribution in [3.8, 4) is 0 Å². The van der Waals surface area contributed by atoms with Crippen molar-refractivity contribution < 1.29 is 9.59 Å². The molecule has 1 aliphatic carbocycles. The van der Waals surface area contributed by atoms with Crippen LogP contribution in [0.25, 0.3) is 0 Å². The molecule has 22 heavy (non-hydrogen) atoms. The van der Waals surface area contributed by atoms with Crippen molar-refractivity contribution >= 4 is 11.8 Å². The second-order valence-corrected chi connectivity index (χ2v) is 5.92. The highest BCUT2D eigenvalue weighted by atomic mass is 16.2. The van der Waals surface area contributed by atoms with Gasteiger partial charge in [-0.15, -0.1) is 0 Å². The molecule has 2 rings (SSSR count). The lowest BCUT2D eigenvalue weighted by molar-refractivity contribution is -0.125. The van der Waals surface area contributed by atoms with Crippen molar-refractivity contribution in [3.63, 3.8) is 0 Å². The molecule has 2 amide bonds. The second-order valence-electron chi connectivity index (χ2n) is 5.92. The third kappa shape index (κ3) is 4.45. The Balaban J connectivity index is 1.84. The minimum absolute atomic E-state index is 0.000113. The topological polar surface area (TPSA) is 49.4 Å². The molecule has 0 bridgehead atoms. The molecule has 1 atom stereocenters. The molecule has 118 valence electrons. The first-order chi connectivity index (χ1) is 10.6. The number of nitrogens with zero attached hydrogens (tertiary/aromatic N) is 1. The first kappa shape index (κ1) is 16.3. The van der Waals surface area contributed by atoms with E-state index in [-0.39, 0.29) is 17.7 Å². The highest BCUT2D eigenvalue weighted by molar-refractivity contribution is 5.94. The van der Waals surface area contributed by atoms with E-state index in [1.807, 2.05) is 24.3 Å². The maximum absolute atomic E-state index is 12.0. The molecule has 0 heterocycles. The fourth-order valence-corrected chi connectivity index (χ4v) is 2.62. The highest BCUT2D eigenvalue weighted by Gasteiger charge is 2.17. The number of hydrogen-bond acceptors (Lipinski definition) is 2. The summed E-state index contributed by atoms with van der Waals surface area (Å²) in [5.74, 6) is 0.261. The molecule has 0 aliphatic heterocycles. The van der Waals surface area contributed by atoms with E-state index in [0.717, 1.165) is 31.2 Å². The first-order valence-electron chi connectivity index (χ1n) is 7.81. The van der Waals surface area contributed by atoms with Crippen LogP contribution in [0.2, 0.25) is 0 Å². The molecule has 0 saturated carbocycles. The molecular formula is C18H24N2O2. The predicted molar refractivity (Wildman–Crippen MR) is 87.7 cm³/mol. The summed E-state index contributed by atoms with van der Waals surface area (Å²) < 4.78 is 0. The van der Waals surface area contributed by atoms with Gasteiger partial charge in [-0.1, -0.05) is 24.3 Å². The van der Waals surface area contributed by atoms with Crippen molar-refractivity contribution in [3.05, 3.63) is 47.5 Å². The zero-order valence-electron chi connectivity index (χ0n) is 13.3. The Morgan fingerprint density at radius 2 is 2.09 bits per heavy atom. The Morgan fingerprint density at radius 1 is 1.27 bits per heavy atom. The first-order valence-corrected chi connectivity index (χ1v) is 7.81. The van der Waals surface area contributed by atoms with Crippen LogP contribution in [0.4, 0.5) is 0 Å². The summed E-state index contributed by atoms with van der Waals surface area (Å²) in [6.07, 6.45) is 7.74. The van der Waals surface area contributed by atoms with E-state index in [9.17, 15) is 9.59 Å². The van der Waals surface area contributed by atoms with Crippen molar-refractivity contribution in [1.82, 2.24) is 10.2 Å². The molecule has 1 aliphatic rings. The monoisotopic (exact) mass is 300 g/mol. The van der Waals surface area contributed by atoms with Crippen LogP contribution in [-0.2, 0) is 11.2 Å². The molecule has 1 aromatic carbocycles. The summed E-state index contributed by atoms with van der Waals surface area (Å²) in [6, 6.07) is 7.60. The van der Waals surface area contributed by atoms with Crippen LogP contribution in [-0.4, -0.2) is 37.4 Å². The molecule has 1 aromatic rings. The SMILES string of the molecule is CN(C)C(=O)c1cccc(CCNC(=O)[C@H]2CC=CCC2)c1. The van der Waals surface area contributed by atoms with Gasteiger partial charge in [0, 0.05) is 32.1 Å². The number of hydrogen-bond donors (Lipinski definition) is 1. The van der Waals surface area contributed by atoms with E-state index in [4.69, 9.17) is 0 Å². The van der Waals surface area contributed by atoms with Crippen molar-refractivity contribution in [2.45, 2.75) is 25.7 Å². The molecule has 1 N–H and O–H groups in total. The van der Waals surface area contributed by atoms with Crippen molar-refractivity contribution in [2.75, 3.05) is 20.6 Å². The van der Waals surface area contributed by atoms with E-state index in [0.29, 0.717) is 12.1 Å². The van der Waals surface area contributed by atoms with Crippen LogP contribution >= 0.6 is 0 Å². The van der Waals surface area contributed by atoms with Gasteiger partial charge in [0.05, 0.1) is 0 Å². The predicted octanol–water partition coefficient (Wildman–Crippen LogP) is 2.40. The lowest BCUT2D eigenvalue weighted by atomic mass is 9.93. The molecular weight excluding hydrogens is 276 g/mol. The number of amides is 2. The Hall–Kier alpha value is -2.10. The molecule has 0 radical (unpaired) electrons. The largest absolute Gasteiger partial charge is 0.356 e. The number of carbonyl (C=O) groups excluding carboxylic acids is 2. The van der Waals surface area contributed by atoms with E-state index in [1.54, 1.807) is 19.0 Å². The summed E-state index contributed by atoms with van der Waals surface area (Å²) in [5, 5.41) is 3.00. The van der Waals surface area contributed by atoms with Crippen LogP contribution in [0.1, 0.15) is 35.2 Å². The summed E-state index contributed by atoms with van der Waals surface area (Å²) in [5.41, 5.74) is 1.75. The summed E-state index contributed by atoms with van der Waals surface area (Å²) in [6.45, 7) is 0.610.